The molecule has 0 aliphatic carbocycles. The fourth-order valence-corrected chi connectivity index (χ4v) is 3.02. The number of para-hydroxylation sites is 1. The lowest BCUT2D eigenvalue weighted by atomic mass is 10.3. The Labute approximate surface area is 122 Å². The highest BCUT2D eigenvalue weighted by atomic mass is 32.2. The van der Waals surface area contributed by atoms with Crippen LogP contribution >= 0.6 is 0 Å². The van der Waals surface area contributed by atoms with Crippen molar-refractivity contribution in [1.82, 2.24) is 4.72 Å². The number of nitro benzene ring substituents is 1. The van der Waals surface area contributed by atoms with Gasteiger partial charge in [0.1, 0.15) is 0 Å². The van der Waals surface area contributed by atoms with Gasteiger partial charge in [0, 0.05) is 25.3 Å². The van der Waals surface area contributed by atoms with Crippen LogP contribution in [0, 0.1) is 10.1 Å². The van der Waals surface area contributed by atoms with Crippen LogP contribution in [-0.4, -0.2) is 44.3 Å². The number of hydrogen-bond donors (Lipinski definition) is 2. The Balaban J connectivity index is 2.76. The molecular weight excluding hydrogens is 300 g/mol. The van der Waals surface area contributed by atoms with Gasteiger partial charge in [-0.15, -0.1) is 0 Å². The monoisotopic (exact) mass is 318 g/mol. The maximum atomic E-state index is 12.1. The van der Waals surface area contributed by atoms with Gasteiger partial charge in [-0.05, 0) is 19.4 Å². The summed E-state index contributed by atoms with van der Waals surface area (Å²) in [4.78, 5) is 9.75. The zero-order valence-electron chi connectivity index (χ0n) is 11.6. The zero-order valence-corrected chi connectivity index (χ0v) is 12.4. The average molecular weight is 318 g/mol. The summed E-state index contributed by atoms with van der Waals surface area (Å²) in [5.74, 6) is 0. The molecule has 0 bridgehead atoms. The Hall–Kier alpha value is -1.55. The standard InChI is InChI=1S/C12H18N2O6S/c1-10(9-20-8-4-7-15)13-21(18,19)12-6-3-2-5-11(12)14(16)17/h2-3,5-6,10,13,15H,4,7-9H2,1H3. The Morgan fingerprint density at radius 3 is 2.71 bits per heavy atom. The van der Waals surface area contributed by atoms with Gasteiger partial charge >= 0.3 is 0 Å². The summed E-state index contributed by atoms with van der Waals surface area (Å²) in [6.07, 6.45) is 0.462. The Morgan fingerprint density at radius 2 is 2.10 bits per heavy atom. The van der Waals surface area contributed by atoms with Crippen molar-refractivity contribution >= 4 is 15.7 Å². The molecular formula is C12H18N2O6S. The first-order valence-corrected chi connectivity index (χ1v) is 7.81. The largest absolute Gasteiger partial charge is 0.396 e. The normalized spacial score (nSPS) is 13.0. The van der Waals surface area contributed by atoms with Gasteiger partial charge in [-0.25, -0.2) is 13.1 Å². The second-order valence-electron chi connectivity index (χ2n) is 4.40. The van der Waals surface area contributed by atoms with Crippen molar-refractivity contribution in [2.45, 2.75) is 24.3 Å². The van der Waals surface area contributed by atoms with Crippen molar-refractivity contribution < 1.29 is 23.2 Å². The van der Waals surface area contributed by atoms with Crippen LogP contribution in [0.2, 0.25) is 0 Å². The summed E-state index contributed by atoms with van der Waals surface area (Å²) in [6, 6.07) is 4.59. The van der Waals surface area contributed by atoms with E-state index in [0.717, 1.165) is 6.07 Å². The number of benzene rings is 1. The fraction of sp³-hybridized carbons (Fsp3) is 0.500. The number of nitro groups is 1. The highest BCUT2D eigenvalue weighted by molar-refractivity contribution is 7.89. The summed E-state index contributed by atoms with van der Waals surface area (Å²) in [5.41, 5.74) is -0.474. The first kappa shape index (κ1) is 17.5. The molecule has 0 radical (unpaired) electrons. The third kappa shape index (κ3) is 5.38. The molecule has 118 valence electrons. The molecule has 1 aromatic rings. The quantitative estimate of drug-likeness (QED) is 0.392. The molecule has 1 rings (SSSR count). The maximum Gasteiger partial charge on any atom is 0.289 e. The van der Waals surface area contributed by atoms with Crippen molar-refractivity contribution in [2.75, 3.05) is 19.8 Å². The molecule has 8 nitrogen and oxygen atoms in total. The molecule has 1 atom stereocenters. The van der Waals surface area contributed by atoms with Crippen LogP contribution in [0.25, 0.3) is 0 Å². The molecule has 0 aliphatic heterocycles. The number of aliphatic hydroxyl groups excluding tert-OH is 1. The van der Waals surface area contributed by atoms with Crippen LogP contribution < -0.4 is 4.72 Å². The predicted octanol–water partition coefficient (Wildman–Crippen LogP) is 0.661. The minimum absolute atomic E-state index is 0.00365. The molecule has 0 aliphatic rings. The summed E-state index contributed by atoms with van der Waals surface area (Å²) >= 11 is 0. The molecule has 0 saturated carbocycles. The summed E-state index contributed by atoms with van der Waals surface area (Å²) in [5, 5.41) is 19.5. The van der Waals surface area contributed by atoms with Crippen molar-refractivity contribution in [1.29, 1.82) is 0 Å². The second kappa shape index (κ2) is 8.03. The van der Waals surface area contributed by atoms with Gasteiger partial charge < -0.3 is 9.84 Å². The number of rotatable bonds is 9. The molecule has 0 saturated heterocycles. The van der Waals surface area contributed by atoms with Gasteiger partial charge in [0.15, 0.2) is 4.90 Å². The Morgan fingerprint density at radius 1 is 1.43 bits per heavy atom. The highest BCUT2D eigenvalue weighted by Crippen LogP contribution is 2.22. The minimum atomic E-state index is -4.00. The second-order valence-corrected chi connectivity index (χ2v) is 6.08. The van der Waals surface area contributed by atoms with E-state index in [1.54, 1.807) is 6.92 Å². The van der Waals surface area contributed by atoms with Gasteiger partial charge in [-0.1, -0.05) is 12.1 Å². The number of aliphatic hydroxyl groups is 1. The molecule has 0 heterocycles. The first-order chi connectivity index (χ1) is 9.88. The van der Waals surface area contributed by atoms with E-state index in [0.29, 0.717) is 13.0 Å². The number of hydrogen-bond acceptors (Lipinski definition) is 6. The lowest BCUT2D eigenvalue weighted by Crippen LogP contribution is -2.36. The van der Waals surface area contributed by atoms with E-state index in [-0.39, 0.29) is 18.1 Å². The van der Waals surface area contributed by atoms with Crippen LogP contribution in [0.3, 0.4) is 0 Å². The van der Waals surface area contributed by atoms with Gasteiger partial charge in [-0.2, -0.15) is 0 Å². The number of sulfonamides is 1. The number of nitrogens with one attached hydrogen (secondary N) is 1. The molecule has 9 heteroatoms. The zero-order chi connectivity index (χ0) is 15.9. The van der Waals surface area contributed by atoms with E-state index < -0.39 is 26.7 Å². The summed E-state index contributed by atoms with van der Waals surface area (Å²) in [6.45, 7) is 2.01. The lowest BCUT2D eigenvalue weighted by Gasteiger charge is -2.14. The van der Waals surface area contributed by atoms with Gasteiger partial charge in [0.2, 0.25) is 10.0 Å². The van der Waals surface area contributed by atoms with E-state index in [4.69, 9.17) is 9.84 Å². The summed E-state index contributed by atoms with van der Waals surface area (Å²) < 4.78 is 31.8. The average Bonchev–Trinajstić information content (AvgIpc) is 2.43. The van der Waals surface area contributed by atoms with Crippen molar-refractivity contribution in [3.8, 4) is 0 Å². The topological polar surface area (TPSA) is 119 Å². The molecule has 0 amide bonds. The molecule has 1 unspecified atom stereocenters. The molecule has 0 spiro atoms. The first-order valence-electron chi connectivity index (χ1n) is 6.33. The van der Waals surface area contributed by atoms with E-state index in [1.165, 1.54) is 18.2 Å². The maximum absolute atomic E-state index is 12.1. The molecule has 0 aromatic heterocycles. The van der Waals surface area contributed by atoms with Crippen LogP contribution in [0.1, 0.15) is 13.3 Å². The smallest absolute Gasteiger partial charge is 0.289 e. The van der Waals surface area contributed by atoms with E-state index in [9.17, 15) is 18.5 Å². The SMILES string of the molecule is CC(COCCCO)NS(=O)(=O)c1ccccc1[N+](=O)[O-]. The fourth-order valence-electron chi connectivity index (χ4n) is 1.62. The van der Waals surface area contributed by atoms with Crippen LogP contribution in [0.15, 0.2) is 29.2 Å². The molecule has 0 fully saturated rings. The molecule has 21 heavy (non-hydrogen) atoms. The summed E-state index contributed by atoms with van der Waals surface area (Å²) in [7, 11) is -4.00. The van der Waals surface area contributed by atoms with E-state index >= 15 is 0 Å². The third-order valence-corrected chi connectivity index (χ3v) is 4.16. The molecule has 1 aromatic carbocycles. The predicted molar refractivity (Wildman–Crippen MR) is 75.4 cm³/mol. The minimum Gasteiger partial charge on any atom is -0.396 e. The van der Waals surface area contributed by atoms with Gasteiger partial charge in [0.25, 0.3) is 5.69 Å². The number of nitrogens with zero attached hydrogens (tertiary/aromatic N) is 1. The van der Waals surface area contributed by atoms with E-state index in [2.05, 4.69) is 4.72 Å². The van der Waals surface area contributed by atoms with Crippen molar-refractivity contribution in [3.63, 3.8) is 0 Å². The number of ether oxygens (including phenoxy) is 1. The van der Waals surface area contributed by atoms with Crippen LogP contribution in [0.5, 0.6) is 0 Å². The Kier molecular flexibility index (Phi) is 6.69. The van der Waals surface area contributed by atoms with Crippen LogP contribution in [0.4, 0.5) is 5.69 Å². The van der Waals surface area contributed by atoms with Crippen LogP contribution in [-0.2, 0) is 14.8 Å². The Bertz CT molecular complexity index is 575. The van der Waals surface area contributed by atoms with Crippen molar-refractivity contribution in [3.05, 3.63) is 34.4 Å². The lowest BCUT2D eigenvalue weighted by molar-refractivity contribution is -0.387. The third-order valence-electron chi connectivity index (χ3n) is 2.52. The van der Waals surface area contributed by atoms with Gasteiger partial charge in [-0.3, -0.25) is 10.1 Å². The van der Waals surface area contributed by atoms with E-state index in [1.807, 2.05) is 0 Å². The highest BCUT2D eigenvalue weighted by Gasteiger charge is 2.26. The molecule has 2 N–H and O–H groups in total. The van der Waals surface area contributed by atoms with Crippen molar-refractivity contribution in [2.24, 2.45) is 0 Å². The van der Waals surface area contributed by atoms with Gasteiger partial charge in [0.05, 0.1) is 11.5 Å².